The molecule has 0 aliphatic carbocycles. The molecule has 32 heavy (non-hydrogen) atoms. The Morgan fingerprint density at radius 3 is 2.34 bits per heavy atom. The molecule has 2 aromatic rings. The Labute approximate surface area is 188 Å². The Bertz CT molecular complexity index is 1100. The van der Waals surface area contributed by atoms with Crippen LogP contribution in [0.5, 0.6) is 0 Å². The van der Waals surface area contributed by atoms with Crippen LogP contribution in [0.15, 0.2) is 53.4 Å². The molecule has 2 heterocycles. The van der Waals surface area contributed by atoms with Crippen LogP contribution in [0.3, 0.4) is 0 Å². The molecule has 0 radical (unpaired) electrons. The summed E-state index contributed by atoms with van der Waals surface area (Å²) in [5.41, 5.74) is 2.12. The highest BCUT2D eigenvalue weighted by Crippen LogP contribution is 2.28. The number of carbonyl (C=O) groups excluding carboxylic acids is 2. The van der Waals surface area contributed by atoms with Gasteiger partial charge in [-0.1, -0.05) is 18.2 Å². The topological polar surface area (TPSA) is 90.0 Å². The minimum absolute atomic E-state index is 0.0763. The number of para-hydroxylation sites is 1. The van der Waals surface area contributed by atoms with Crippen LogP contribution >= 0.6 is 0 Å². The van der Waals surface area contributed by atoms with Gasteiger partial charge in [0.1, 0.15) is 0 Å². The van der Waals surface area contributed by atoms with Gasteiger partial charge in [-0.05, 0) is 49.2 Å². The predicted molar refractivity (Wildman–Crippen MR) is 123 cm³/mol. The van der Waals surface area contributed by atoms with E-state index in [1.54, 1.807) is 30.0 Å². The van der Waals surface area contributed by atoms with Crippen molar-refractivity contribution in [1.29, 1.82) is 0 Å². The monoisotopic (exact) mass is 456 g/mol. The number of nitrogens with zero attached hydrogens (tertiary/aromatic N) is 3. The van der Waals surface area contributed by atoms with Crippen LogP contribution in [0.25, 0.3) is 0 Å². The van der Waals surface area contributed by atoms with Gasteiger partial charge in [-0.15, -0.1) is 0 Å². The third-order valence-electron chi connectivity index (χ3n) is 5.92. The predicted octanol–water partition coefficient (Wildman–Crippen LogP) is 2.07. The number of hydrogen-bond donors (Lipinski definition) is 1. The molecule has 2 aliphatic rings. The number of rotatable bonds is 6. The van der Waals surface area contributed by atoms with Gasteiger partial charge in [0.15, 0.2) is 0 Å². The molecule has 0 spiro atoms. The Morgan fingerprint density at radius 1 is 1.00 bits per heavy atom. The average Bonchev–Trinajstić information content (AvgIpc) is 3.20. The summed E-state index contributed by atoms with van der Waals surface area (Å²) in [5, 5.41) is 2.86. The van der Waals surface area contributed by atoms with Gasteiger partial charge < -0.3 is 10.2 Å². The third kappa shape index (κ3) is 4.85. The van der Waals surface area contributed by atoms with Gasteiger partial charge in [-0.3, -0.25) is 14.5 Å². The summed E-state index contributed by atoms with van der Waals surface area (Å²) in [6.45, 7) is 4.28. The number of carbonyl (C=O) groups is 2. The van der Waals surface area contributed by atoms with E-state index >= 15 is 0 Å². The molecule has 2 amide bonds. The smallest absolute Gasteiger partial charge is 0.243 e. The second-order valence-electron chi connectivity index (χ2n) is 8.19. The molecule has 0 atom stereocenters. The lowest BCUT2D eigenvalue weighted by Gasteiger charge is -2.33. The highest BCUT2D eigenvalue weighted by Gasteiger charge is 2.31. The zero-order chi connectivity index (χ0) is 22.7. The van der Waals surface area contributed by atoms with E-state index in [9.17, 15) is 18.0 Å². The number of sulfonamides is 1. The van der Waals surface area contributed by atoms with Crippen LogP contribution in [0.2, 0.25) is 0 Å². The highest BCUT2D eigenvalue weighted by atomic mass is 32.2. The molecule has 2 aromatic carbocycles. The Balaban J connectivity index is 1.36. The van der Waals surface area contributed by atoms with E-state index in [0.29, 0.717) is 44.7 Å². The molecule has 2 fully saturated rings. The van der Waals surface area contributed by atoms with E-state index < -0.39 is 10.0 Å². The third-order valence-corrected chi connectivity index (χ3v) is 7.98. The highest BCUT2D eigenvalue weighted by molar-refractivity contribution is 7.89. The van der Waals surface area contributed by atoms with E-state index in [4.69, 9.17) is 0 Å². The molecule has 1 N–H and O–H groups in total. The van der Waals surface area contributed by atoms with E-state index in [1.807, 2.05) is 35.2 Å². The van der Waals surface area contributed by atoms with Crippen LogP contribution in [0.1, 0.15) is 18.4 Å². The molecule has 2 saturated heterocycles. The van der Waals surface area contributed by atoms with Crippen molar-refractivity contribution in [3.8, 4) is 0 Å². The molecule has 0 aromatic heterocycles. The molecule has 0 saturated carbocycles. The first-order chi connectivity index (χ1) is 15.3. The number of hydrogen-bond acceptors (Lipinski definition) is 5. The molecular weight excluding hydrogens is 428 g/mol. The SMILES string of the molecule is Cc1cc(N2CCCC2=O)ccc1S(=O)(=O)N1CCN(CC(=O)Nc2ccccc2)CC1. The normalized spacial score (nSPS) is 18.2. The largest absolute Gasteiger partial charge is 0.325 e. The van der Waals surface area contributed by atoms with Crippen LogP contribution in [0, 0.1) is 6.92 Å². The fraction of sp³-hybridized carbons (Fsp3) is 0.391. The number of nitrogens with one attached hydrogen (secondary N) is 1. The summed E-state index contributed by atoms with van der Waals surface area (Å²) >= 11 is 0. The second kappa shape index (κ2) is 9.40. The Hall–Kier alpha value is -2.75. The van der Waals surface area contributed by atoms with Crippen molar-refractivity contribution < 1.29 is 18.0 Å². The van der Waals surface area contributed by atoms with Crippen molar-refractivity contribution in [3.05, 3.63) is 54.1 Å². The molecule has 170 valence electrons. The summed E-state index contributed by atoms with van der Waals surface area (Å²) < 4.78 is 27.9. The maximum absolute atomic E-state index is 13.2. The number of amides is 2. The fourth-order valence-electron chi connectivity index (χ4n) is 4.20. The Morgan fingerprint density at radius 2 is 1.72 bits per heavy atom. The molecule has 4 rings (SSSR count). The summed E-state index contributed by atoms with van der Waals surface area (Å²) in [6, 6.07) is 14.4. The molecular formula is C23H28N4O4S. The van der Waals surface area contributed by atoms with Crippen molar-refractivity contribution in [3.63, 3.8) is 0 Å². The minimum Gasteiger partial charge on any atom is -0.325 e. The van der Waals surface area contributed by atoms with E-state index in [0.717, 1.165) is 17.8 Å². The fourth-order valence-corrected chi connectivity index (χ4v) is 5.83. The summed E-state index contributed by atoms with van der Waals surface area (Å²) in [4.78, 5) is 28.2. The van der Waals surface area contributed by atoms with Crippen molar-refractivity contribution in [2.75, 3.05) is 49.5 Å². The first kappa shape index (κ1) is 22.4. The van der Waals surface area contributed by atoms with Gasteiger partial charge >= 0.3 is 0 Å². The van der Waals surface area contributed by atoms with Gasteiger partial charge in [0, 0.05) is 50.5 Å². The number of benzene rings is 2. The first-order valence-corrected chi connectivity index (χ1v) is 12.3. The lowest BCUT2D eigenvalue weighted by atomic mass is 10.2. The quantitative estimate of drug-likeness (QED) is 0.719. The molecule has 0 unspecified atom stereocenters. The van der Waals surface area contributed by atoms with Crippen LogP contribution in [-0.2, 0) is 19.6 Å². The molecule has 9 heteroatoms. The van der Waals surface area contributed by atoms with Crippen molar-refractivity contribution in [2.24, 2.45) is 0 Å². The zero-order valence-electron chi connectivity index (χ0n) is 18.2. The van der Waals surface area contributed by atoms with Gasteiger partial charge in [-0.2, -0.15) is 4.31 Å². The van der Waals surface area contributed by atoms with E-state index in [-0.39, 0.29) is 23.3 Å². The zero-order valence-corrected chi connectivity index (χ0v) is 19.0. The summed E-state index contributed by atoms with van der Waals surface area (Å²) in [6.07, 6.45) is 1.36. The maximum Gasteiger partial charge on any atom is 0.243 e. The first-order valence-electron chi connectivity index (χ1n) is 10.8. The maximum atomic E-state index is 13.2. The Kier molecular flexibility index (Phi) is 6.59. The number of piperazine rings is 1. The molecule has 8 nitrogen and oxygen atoms in total. The number of anilines is 2. The average molecular weight is 457 g/mol. The van der Waals surface area contributed by atoms with Crippen LogP contribution in [0.4, 0.5) is 11.4 Å². The van der Waals surface area contributed by atoms with Crippen LogP contribution < -0.4 is 10.2 Å². The van der Waals surface area contributed by atoms with Crippen molar-refractivity contribution >= 4 is 33.2 Å². The van der Waals surface area contributed by atoms with Crippen molar-refractivity contribution in [1.82, 2.24) is 9.21 Å². The van der Waals surface area contributed by atoms with E-state index in [1.165, 1.54) is 4.31 Å². The van der Waals surface area contributed by atoms with E-state index in [2.05, 4.69) is 5.32 Å². The molecule has 2 aliphatic heterocycles. The van der Waals surface area contributed by atoms with Gasteiger partial charge in [-0.25, -0.2) is 8.42 Å². The van der Waals surface area contributed by atoms with Crippen LogP contribution in [-0.4, -0.2) is 68.7 Å². The van der Waals surface area contributed by atoms with Gasteiger partial charge in [0.05, 0.1) is 11.4 Å². The molecule has 0 bridgehead atoms. The lowest BCUT2D eigenvalue weighted by Crippen LogP contribution is -2.50. The lowest BCUT2D eigenvalue weighted by molar-refractivity contribution is -0.118. The minimum atomic E-state index is -3.64. The summed E-state index contributed by atoms with van der Waals surface area (Å²) in [5.74, 6) is -0.0390. The second-order valence-corrected chi connectivity index (χ2v) is 10.1. The van der Waals surface area contributed by atoms with Gasteiger partial charge in [0.25, 0.3) is 0 Å². The van der Waals surface area contributed by atoms with Crippen molar-refractivity contribution in [2.45, 2.75) is 24.7 Å². The number of aryl methyl sites for hydroxylation is 1. The standard InChI is InChI=1S/C23H28N4O4S/c1-18-16-20(27-11-5-8-23(27)29)9-10-21(18)32(30,31)26-14-12-25(13-15-26)17-22(28)24-19-6-3-2-4-7-19/h2-4,6-7,9-10,16H,5,8,11-15,17H2,1H3,(H,24,28). The summed E-state index contributed by atoms with van der Waals surface area (Å²) in [7, 11) is -3.64. The van der Waals surface area contributed by atoms with Gasteiger partial charge in [0.2, 0.25) is 21.8 Å².